The van der Waals surface area contributed by atoms with Crippen LogP contribution in [0.4, 0.5) is 0 Å². The molecule has 0 aromatic carbocycles. The molecule has 0 aromatic rings. The molecule has 0 spiro atoms. The third kappa shape index (κ3) is 3.01. The fraction of sp³-hybridized carbons (Fsp3) is 0.929. The molecule has 1 heterocycles. The predicted molar refractivity (Wildman–Crippen MR) is 68.0 cm³/mol. The quantitative estimate of drug-likeness (QED) is 0.753. The summed E-state index contributed by atoms with van der Waals surface area (Å²) in [7, 11) is 0. The molecule has 0 radical (unpaired) electrons. The van der Waals surface area contributed by atoms with Crippen molar-refractivity contribution in [3.05, 3.63) is 0 Å². The van der Waals surface area contributed by atoms with E-state index in [1.165, 1.54) is 32.1 Å². The molecule has 1 saturated heterocycles. The third-order valence-electron chi connectivity index (χ3n) is 4.59. The van der Waals surface area contributed by atoms with E-state index in [0.29, 0.717) is 11.5 Å². The van der Waals surface area contributed by atoms with Gasteiger partial charge in [-0.2, -0.15) is 0 Å². The van der Waals surface area contributed by atoms with Crippen LogP contribution in [-0.4, -0.2) is 34.6 Å². The van der Waals surface area contributed by atoms with Gasteiger partial charge in [0.2, 0.25) is 0 Å². The lowest BCUT2D eigenvalue weighted by Crippen LogP contribution is -2.43. The molecule has 1 aliphatic carbocycles. The fourth-order valence-corrected chi connectivity index (χ4v) is 3.47. The fourth-order valence-electron chi connectivity index (χ4n) is 3.47. The van der Waals surface area contributed by atoms with E-state index >= 15 is 0 Å². The highest BCUT2D eigenvalue weighted by atomic mass is 16.4. The molecule has 98 valence electrons. The van der Waals surface area contributed by atoms with Gasteiger partial charge in [-0.05, 0) is 50.5 Å². The number of carbonyl (C=O) groups is 1. The van der Waals surface area contributed by atoms with E-state index in [4.69, 9.17) is 0 Å². The summed E-state index contributed by atoms with van der Waals surface area (Å²) < 4.78 is 0. The van der Waals surface area contributed by atoms with Crippen molar-refractivity contribution in [3.63, 3.8) is 0 Å². The van der Waals surface area contributed by atoms with E-state index in [1.54, 1.807) is 0 Å². The Kier molecular flexibility index (Phi) is 3.76. The van der Waals surface area contributed by atoms with E-state index in [0.717, 1.165) is 19.4 Å². The maximum absolute atomic E-state index is 11.2. The Labute approximate surface area is 104 Å². The van der Waals surface area contributed by atoms with Gasteiger partial charge in [0.25, 0.3) is 0 Å². The Morgan fingerprint density at radius 3 is 2.65 bits per heavy atom. The molecule has 1 aliphatic heterocycles. The van der Waals surface area contributed by atoms with Crippen LogP contribution >= 0.6 is 0 Å². The second-order valence-electron chi connectivity index (χ2n) is 6.48. The number of rotatable bonds is 2. The summed E-state index contributed by atoms with van der Waals surface area (Å²) >= 11 is 0. The first kappa shape index (κ1) is 12.9. The van der Waals surface area contributed by atoms with Gasteiger partial charge >= 0.3 is 5.97 Å². The van der Waals surface area contributed by atoms with E-state index in [2.05, 4.69) is 18.7 Å². The van der Waals surface area contributed by atoms with Crippen molar-refractivity contribution in [2.75, 3.05) is 6.54 Å². The number of hydrogen-bond acceptors (Lipinski definition) is 2. The van der Waals surface area contributed by atoms with Gasteiger partial charge < -0.3 is 5.11 Å². The summed E-state index contributed by atoms with van der Waals surface area (Å²) in [6.07, 6.45) is 8.03. The largest absolute Gasteiger partial charge is 0.480 e. The minimum absolute atomic E-state index is 0.207. The van der Waals surface area contributed by atoms with Crippen molar-refractivity contribution in [3.8, 4) is 0 Å². The van der Waals surface area contributed by atoms with E-state index in [-0.39, 0.29) is 6.04 Å². The van der Waals surface area contributed by atoms with Crippen molar-refractivity contribution in [1.29, 1.82) is 0 Å². The van der Waals surface area contributed by atoms with Crippen molar-refractivity contribution in [1.82, 2.24) is 4.90 Å². The monoisotopic (exact) mass is 239 g/mol. The molecule has 2 unspecified atom stereocenters. The lowest BCUT2D eigenvalue weighted by Gasteiger charge is -2.30. The first-order chi connectivity index (χ1) is 7.99. The minimum atomic E-state index is -0.619. The van der Waals surface area contributed by atoms with Crippen molar-refractivity contribution >= 4 is 5.97 Å². The molecule has 2 fully saturated rings. The average Bonchev–Trinajstić information content (AvgIpc) is 2.65. The van der Waals surface area contributed by atoms with Crippen LogP contribution in [0.3, 0.4) is 0 Å². The number of aliphatic carboxylic acids is 1. The molecule has 2 atom stereocenters. The topological polar surface area (TPSA) is 40.5 Å². The van der Waals surface area contributed by atoms with E-state index in [9.17, 15) is 9.90 Å². The zero-order valence-electron chi connectivity index (χ0n) is 11.1. The molecule has 3 heteroatoms. The molecule has 0 aromatic heterocycles. The maximum atomic E-state index is 11.2. The summed E-state index contributed by atoms with van der Waals surface area (Å²) in [5.41, 5.74) is 0.452. The van der Waals surface area contributed by atoms with Crippen LogP contribution in [0, 0.1) is 5.41 Å². The third-order valence-corrected chi connectivity index (χ3v) is 4.59. The standard InChI is InChI=1S/C14H25NO2/c1-14(2)8-3-5-11(7-9-14)15-10-4-6-12(15)13(16)17/h11-12H,3-10H2,1-2H3,(H,16,17). The molecule has 17 heavy (non-hydrogen) atoms. The number of hydrogen-bond donors (Lipinski definition) is 1. The van der Waals surface area contributed by atoms with Crippen LogP contribution in [0.2, 0.25) is 0 Å². The maximum Gasteiger partial charge on any atom is 0.320 e. The van der Waals surface area contributed by atoms with Crippen LogP contribution in [-0.2, 0) is 4.79 Å². The summed E-state index contributed by atoms with van der Waals surface area (Å²) in [5, 5.41) is 9.25. The summed E-state index contributed by atoms with van der Waals surface area (Å²) in [5.74, 6) is -0.619. The smallest absolute Gasteiger partial charge is 0.320 e. The Morgan fingerprint density at radius 1 is 1.18 bits per heavy atom. The number of nitrogens with zero attached hydrogens (tertiary/aromatic N) is 1. The predicted octanol–water partition coefficient (Wildman–Crippen LogP) is 2.89. The van der Waals surface area contributed by atoms with Gasteiger partial charge in [0, 0.05) is 6.04 Å². The van der Waals surface area contributed by atoms with Crippen LogP contribution in [0.1, 0.15) is 58.8 Å². The molecule has 3 nitrogen and oxygen atoms in total. The molecule has 0 bridgehead atoms. The van der Waals surface area contributed by atoms with Crippen LogP contribution in [0.5, 0.6) is 0 Å². The number of carboxylic acid groups (broad SMARTS) is 1. The minimum Gasteiger partial charge on any atom is -0.480 e. The van der Waals surface area contributed by atoms with E-state index in [1.807, 2.05) is 0 Å². The van der Waals surface area contributed by atoms with Gasteiger partial charge in [-0.1, -0.05) is 20.3 Å². The zero-order chi connectivity index (χ0) is 12.5. The first-order valence-corrected chi connectivity index (χ1v) is 6.98. The van der Waals surface area contributed by atoms with Crippen molar-refractivity contribution < 1.29 is 9.90 Å². The summed E-state index contributed by atoms with van der Waals surface area (Å²) in [6.45, 7) is 5.67. The van der Waals surface area contributed by atoms with Gasteiger partial charge in [0.15, 0.2) is 0 Å². The Hall–Kier alpha value is -0.570. The van der Waals surface area contributed by atoms with Crippen LogP contribution < -0.4 is 0 Å². The number of likely N-dealkylation sites (tertiary alicyclic amines) is 1. The zero-order valence-corrected chi connectivity index (χ0v) is 11.1. The molecular weight excluding hydrogens is 214 g/mol. The molecule has 1 saturated carbocycles. The van der Waals surface area contributed by atoms with Gasteiger partial charge in [-0.3, -0.25) is 9.69 Å². The van der Waals surface area contributed by atoms with Crippen LogP contribution in [0.15, 0.2) is 0 Å². The number of carboxylic acids is 1. The molecule has 1 N–H and O–H groups in total. The van der Waals surface area contributed by atoms with Crippen molar-refractivity contribution in [2.24, 2.45) is 5.41 Å². The van der Waals surface area contributed by atoms with Gasteiger partial charge in [-0.25, -0.2) is 0 Å². The van der Waals surface area contributed by atoms with Gasteiger partial charge in [0.05, 0.1) is 0 Å². The van der Waals surface area contributed by atoms with Gasteiger partial charge in [0.1, 0.15) is 6.04 Å². The lowest BCUT2D eigenvalue weighted by atomic mass is 9.85. The molecular formula is C14H25NO2. The highest BCUT2D eigenvalue weighted by Gasteiger charge is 2.36. The Morgan fingerprint density at radius 2 is 1.94 bits per heavy atom. The summed E-state index contributed by atoms with van der Waals surface area (Å²) in [6, 6.07) is 0.307. The van der Waals surface area contributed by atoms with Crippen LogP contribution in [0.25, 0.3) is 0 Å². The second-order valence-corrected chi connectivity index (χ2v) is 6.48. The SMILES string of the molecule is CC1(C)CCCC(N2CCCC2C(=O)O)CC1. The Bertz CT molecular complexity index is 288. The molecule has 2 rings (SSSR count). The molecule has 0 amide bonds. The summed E-state index contributed by atoms with van der Waals surface area (Å²) in [4.78, 5) is 13.5. The Balaban J connectivity index is 2.00. The first-order valence-electron chi connectivity index (χ1n) is 6.98. The molecule has 2 aliphatic rings. The highest BCUT2D eigenvalue weighted by molar-refractivity contribution is 5.73. The normalized spacial score (nSPS) is 34.5. The van der Waals surface area contributed by atoms with E-state index < -0.39 is 5.97 Å². The average molecular weight is 239 g/mol. The van der Waals surface area contributed by atoms with Crippen molar-refractivity contribution in [2.45, 2.75) is 70.9 Å². The van der Waals surface area contributed by atoms with Gasteiger partial charge in [-0.15, -0.1) is 0 Å². The highest BCUT2D eigenvalue weighted by Crippen LogP contribution is 2.37. The second kappa shape index (κ2) is 4.97. The lowest BCUT2D eigenvalue weighted by molar-refractivity contribution is -0.143.